The lowest BCUT2D eigenvalue weighted by Gasteiger charge is -2.33. The molecule has 0 aliphatic heterocycles. The molecular formula is C9H20N2O. The Bertz CT molecular complexity index is 145. The Balaban J connectivity index is 4.41. The van der Waals surface area contributed by atoms with E-state index in [0.29, 0.717) is 0 Å². The second-order valence-corrected chi connectivity index (χ2v) is 3.77. The Morgan fingerprint density at radius 1 is 1.00 bits per heavy atom. The normalized spacial score (nSPS) is 10.7. The van der Waals surface area contributed by atoms with Crippen LogP contribution in [0.3, 0.4) is 0 Å². The number of urea groups is 1. The fourth-order valence-electron chi connectivity index (χ4n) is 1.27. The van der Waals surface area contributed by atoms with E-state index in [1.807, 2.05) is 32.6 Å². The third-order valence-corrected chi connectivity index (χ3v) is 1.72. The van der Waals surface area contributed by atoms with Crippen LogP contribution in [0.15, 0.2) is 0 Å². The zero-order chi connectivity index (χ0) is 9.89. The topological polar surface area (TPSA) is 23.6 Å². The van der Waals surface area contributed by atoms with Crippen LogP contribution in [-0.4, -0.2) is 42.0 Å². The van der Waals surface area contributed by atoms with Crippen molar-refractivity contribution in [3.63, 3.8) is 0 Å². The summed E-state index contributed by atoms with van der Waals surface area (Å²) in [6.45, 7) is 8.12. The second kappa shape index (κ2) is 4.33. The van der Waals surface area contributed by atoms with Gasteiger partial charge in [0.1, 0.15) is 0 Å². The lowest BCUT2D eigenvalue weighted by Crippen LogP contribution is -2.47. The summed E-state index contributed by atoms with van der Waals surface area (Å²) in [5.74, 6) is 0. The van der Waals surface area contributed by atoms with Gasteiger partial charge in [-0.3, -0.25) is 0 Å². The number of hydrogen-bond acceptors (Lipinski definition) is 1. The zero-order valence-electron chi connectivity index (χ0n) is 8.96. The summed E-state index contributed by atoms with van der Waals surface area (Å²) in [6, 6.07) is 0.611. The number of rotatable bonds is 2. The van der Waals surface area contributed by atoms with E-state index in [4.69, 9.17) is 0 Å². The van der Waals surface area contributed by atoms with Gasteiger partial charge in [-0.15, -0.1) is 0 Å². The summed E-state index contributed by atoms with van der Waals surface area (Å²) in [5, 5.41) is 0. The van der Waals surface area contributed by atoms with Crippen molar-refractivity contribution in [2.45, 2.75) is 39.8 Å². The van der Waals surface area contributed by atoms with Crippen LogP contribution in [-0.2, 0) is 0 Å². The van der Waals surface area contributed by atoms with Crippen LogP contribution in [0, 0.1) is 0 Å². The first-order chi connectivity index (χ1) is 5.37. The van der Waals surface area contributed by atoms with E-state index < -0.39 is 0 Å². The molecule has 0 aromatic carbocycles. The summed E-state index contributed by atoms with van der Waals surface area (Å²) in [6.07, 6.45) is 0. The molecule has 0 heterocycles. The minimum Gasteiger partial charge on any atom is -0.331 e. The van der Waals surface area contributed by atoms with Crippen molar-refractivity contribution in [2.24, 2.45) is 0 Å². The lowest BCUT2D eigenvalue weighted by atomic mass is 10.2. The number of carbonyl (C=O) groups is 1. The van der Waals surface area contributed by atoms with Gasteiger partial charge in [0.25, 0.3) is 0 Å². The van der Waals surface area contributed by atoms with Gasteiger partial charge in [-0.05, 0) is 27.7 Å². The molecule has 0 spiro atoms. The molecule has 2 amide bonds. The highest BCUT2D eigenvalue weighted by Gasteiger charge is 2.20. The first-order valence-corrected chi connectivity index (χ1v) is 4.37. The Hall–Kier alpha value is -0.730. The average Bonchev–Trinajstić information content (AvgIpc) is 1.85. The number of amides is 2. The summed E-state index contributed by atoms with van der Waals surface area (Å²) in [4.78, 5) is 15.0. The average molecular weight is 172 g/mol. The van der Waals surface area contributed by atoms with Gasteiger partial charge < -0.3 is 9.80 Å². The van der Waals surface area contributed by atoms with Gasteiger partial charge >= 0.3 is 6.03 Å². The van der Waals surface area contributed by atoms with Crippen LogP contribution >= 0.6 is 0 Å². The maximum atomic E-state index is 11.6. The molecule has 0 unspecified atom stereocenters. The maximum Gasteiger partial charge on any atom is 0.319 e. The van der Waals surface area contributed by atoms with Crippen LogP contribution in [0.25, 0.3) is 0 Å². The molecule has 0 radical (unpaired) electrons. The third-order valence-electron chi connectivity index (χ3n) is 1.72. The standard InChI is InChI=1S/C9H20N2O/c1-7(2)11(8(3)4)9(12)10(5)6/h7-8H,1-6H3. The van der Waals surface area contributed by atoms with Crippen molar-refractivity contribution >= 4 is 6.03 Å². The van der Waals surface area contributed by atoms with E-state index in [1.165, 1.54) is 0 Å². The van der Waals surface area contributed by atoms with Crippen LogP contribution < -0.4 is 0 Å². The maximum absolute atomic E-state index is 11.6. The molecule has 0 fully saturated rings. The molecule has 0 atom stereocenters. The Labute approximate surface area is 75.3 Å². The van der Waals surface area contributed by atoms with Crippen LogP contribution in [0.5, 0.6) is 0 Å². The molecule has 72 valence electrons. The molecule has 0 saturated carbocycles. The monoisotopic (exact) mass is 172 g/mol. The summed E-state index contributed by atoms with van der Waals surface area (Å²) < 4.78 is 0. The minimum atomic E-state index is 0.0833. The van der Waals surface area contributed by atoms with Crippen LogP contribution in [0.4, 0.5) is 4.79 Å². The third kappa shape index (κ3) is 2.72. The molecular weight excluding hydrogens is 152 g/mol. The van der Waals surface area contributed by atoms with Gasteiger partial charge in [-0.1, -0.05) is 0 Å². The fourth-order valence-corrected chi connectivity index (χ4v) is 1.27. The number of hydrogen-bond donors (Lipinski definition) is 0. The number of carbonyl (C=O) groups excluding carboxylic acids is 1. The molecule has 12 heavy (non-hydrogen) atoms. The molecule has 0 saturated heterocycles. The Morgan fingerprint density at radius 2 is 1.33 bits per heavy atom. The zero-order valence-corrected chi connectivity index (χ0v) is 8.96. The van der Waals surface area contributed by atoms with Gasteiger partial charge in [0.05, 0.1) is 0 Å². The molecule has 0 bridgehead atoms. The smallest absolute Gasteiger partial charge is 0.319 e. The van der Waals surface area contributed by atoms with Crippen molar-refractivity contribution in [3.05, 3.63) is 0 Å². The lowest BCUT2D eigenvalue weighted by molar-refractivity contribution is 0.140. The first kappa shape index (κ1) is 11.3. The van der Waals surface area contributed by atoms with Crippen LogP contribution in [0.2, 0.25) is 0 Å². The highest BCUT2D eigenvalue weighted by Crippen LogP contribution is 2.07. The molecule has 0 aliphatic rings. The van der Waals surface area contributed by atoms with Gasteiger partial charge in [-0.25, -0.2) is 4.79 Å². The minimum absolute atomic E-state index is 0.0833. The van der Waals surface area contributed by atoms with Crippen LogP contribution in [0.1, 0.15) is 27.7 Å². The molecule has 0 aromatic heterocycles. The molecule has 0 rings (SSSR count). The predicted molar refractivity (Wildman–Crippen MR) is 51.2 cm³/mol. The van der Waals surface area contributed by atoms with E-state index in [1.54, 1.807) is 19.0 Å². The molecule has 0 N–H and O–H groups in total. The van der Waals surface area contributed by atoms with Crippen molar-refractivity contribution < 1.29 is 4.79 Å². The Morgan fingerprint density at radius 3 is 1.42 bits per heavy atom. The molecule has 3 nitrogen and oxygen atoms in total. The SMILES string of the molecule is CC(C)N(C(=O)N(C)C)C(C)C. The fraction of sp³-hybridized carbons (Fsp3) is 0.889. The van der Waals surface area contributed by atoms with Gasteiger partial charge in [0.2, 0.25) is 0 Å². The van der Waals surface area contributed by atoms with E-state index >= 15 is 0 Å². The van der Waals surface area contributed by atoms with Crippen molar-refractivity contribution in [3.8, 4) is 0 Å². The quantitative estimate of drug-likeness (QED) is 0.623. The largest absolute Gasteiger partial charge is 0.331 e. The summed E-state index contributed by atoms with van der Waals surface area (Å²) in [5.41, 5.74) is 0. The van der Waals surface area contributed by atoms with Gasteiger partial charge in [0, 0.05) is 26.2 Å². The van der Waals surface area contributed by atoms with E-state index in [0.717, 1.165) is 0 Å². The van der Waals surface area contributed by atoms with Crippen molar-refractivity contribution in [1.29, 1.82) is 0 Å². The highest BCUT2D eigenvalue weighted by molar-refractivity contribution is 5.74. The molecule has 0 aliphatic carbocycles. The molecule has 0 aromatic rings. The van der Waals surface area contributed by atoms with E-state index in [2.05, 4.69) is 0 Å². The Kier molecular flexibility index (Phi) is 4.07. The summed E-state index contributed by atoms with van der Waals surface area (Å²) >= 11 is 0. The van der Waals surface area contributed by atoms with Gasteiger partial charge in [0.15, 0.2) is 0 Å². The van der Waals surface area contributed by atoms with E-state index in [-0.39, 0.29) is 18.1 Å². The van der Waals surface area contributed by atoms with Crippen molar-refractivity contribution in [1.82, 2.24) is 9.80 Å². The highest BCUT2D eigenvalue weighted by atomic mass is 16.2. The number of nitrogens with zero attached hydrogens (tertiary/aromatic N) is 2. The van der Waals surface area contributed by atoms with Crippen molar-refractivity contribution in [2.75, 3.05) is 14.1 Å². The second-order valence-electron chi connectivity index (χ2n) is 3.77. The summed E-state index contributed by atoms with van der Waals surface area (Å²) in [7, 11) is 3.56. The van der Waals surface area contributed by atoms with Gasteiger partial charge in [-0.2, -0.15) is 0 Å². The van der Waals surface area contributed by atoms with E-state index in [9.17, 15) is 4.79 Å². The predicted octanol–water partition coefficient (Wildman–Crippen LogP) is 1.79. The first-order valence-electron chi connectivity index (χ1n) is 4.37. The molecule has 3 heteroatoms.